The van der Waals surface area contributed by atoms with Gasteiger partial charge in [-0.2, -0.15) is 0 Å². The van der Waals surface area contributed by atoms with Gasteiger partial charge in [0.05, 0.1) is 16.3 Å². The molecule has 0 bridgehead atoms. The summed E-state index contributed by atoms with van der Waals surface area (Å²) in [6.45, 7) is -0.194. The SMILES string of the molecule is O=C1CN(C(=O)CS(=O)(=O)c2ccccc2)c2ccccc2N1. The number of fused-ring (bicyclic) bond motifs is 1. The fraction of sp³-hybridized carbons (Fsp3) is 0.125. The maximum Gasteiger partial charge on any atom is 0.244 e. The zero-order valence-electron chi connectivity index (χ0n) is 12.1. The molecule has 2 aromatic carbocycles. The van der Waals surface area contributed by atoms with Gasteiger partial charge < -0.3 is 10.2 Å². The lowest BCUT2D eigenvalue weighted by atomic mass is 10.2. The van der Waals surface area contributed by atoms with Crippen LogP contribution >= 0.6 is 0 Å². The summed E-state index contributed by atoms with van der Waals surface area (Å²) in [5.74, 6) is -1.66. The van der Waals surface area contributed by atoms with Crippen molar-refractivity contribution in [3.8, 4) is 0 Å². The van der Waals surface area contributed by atoms with Gasteiger partial charge in [-0.15, -0.1) is 0 Å². The van der Waals surface area contributed by atoms with Crippen molar-refractivity contribution in [3.05, 3.63) is 54.6 Å². The first kappa shape index (κ1) is 15.2. The molecule has 2 aromatic rings. The van der Waals surface area contributed by atoms with Crippen molar-refractivity contribution in [1.82, 2.24) is 0 Å². The van der Waals surface area contributed by atoms with Crippen LogP contribution in [0.2, 0.25) is 0 Å². The minimum atomic E-state index is -3.75. The molecule has 0 atom stereocenters. The number of hydrogen-bond donors (Lipinski definition) is 1. The first-order chi connectivity index (χ1) is 11.0. The highest BCUT2D eigenvalue weighted by Crippen LogP contribution is 2.29. The van der Waals surface area contributed by atoms with Gasteiger partial charge >= 0.3 is 0 Å². The number of benzene rings is 2. The normalized spacial score (nSPS) is 14.1. The Bertz CT molecular complexity index is 863. The van der Waals surface area contributed by atoms with E-state index in [1.54, 1.807) is 42.5 Å². The van der Waals surface area contributed by atoms with Crippen molar-refractivity contribution < 1.29 is 18.0 Å². The third-order valence-electron chi connectivity index (χ3n) is 3.49. The van der Waals surface area contributed by atoms with E-state index in [0.29, 0.717) is 11.4 Å². The molecule has 2 amide bonds. The Hall–Kier alpha value is -2.67. The van der Waals surface area contributed by atoms with Gasteiger partial charge in [0, 0.05) is 0 Å². The number of rotatable bonds is 3. The molecule has 0 aromatic heterocycles. The Labute approximate surface area is 133 Å². The smallest absolute Gasteiger partial charge is 0.244 e. The zero-order valence-corrected chi connectivity index (χ0v) is 12.9. The molecule has 0 spiro atoms. The second kappa shape index (κ2) is 5.85. The van der Waals surface area contributed by atoms with Crippen molar-refractivity contribution in [2.24, 2.45) is 0 Å². The Balaban J connectivity index is 1.88. The van der Waals surface area contributed by atoms with E-state index in [-0.39, 0.29) is 17.3 Å². The number of nitrogens with one attached hydrogen (secondary N) is 1. The number of carbonyl (C=O) groups excluding carboxylic acids is 2. The third kappa shape index (κ3) is 3.09. The van der Waals surface area contributed by atoms with Crippen LogP contribution in [-0.2, 0) is 19.4 Å². The number of nitrogens with zero attached hydrogens (tertiary/aromatic N) is 1. The highest BCUT2D eigenvalue weighted by molar-refractivity contribution is 7.92. The molecule has 118 valence electrons. The molecular formula is C16H14N2O4S. The molecule has 1 heterocycles. The van der Waals surface area contributed by atoms with Gasteiger partial charge in [-0.25, -0.2) is 8.42 Å². The average Bonchev–Trinajstić information content (AvgIpc) is 2.54. The molecule has 7 heteroatoms. The molecule has 0 aliphatic carbocycles. The number of sulfone groups is 1. The highest BCUT2D eigenvalue weighted by Gasteiger charge is 2.30. The largest absolute Gasteiger partial charge is 0.323 e. The second-order valence-corrected chi connectivity index (χ2v) is 7.11. The summed E-state index contributed by atoms with van der Waals surface area (Å²) in [5.41, 5.74) is 0.995. The van der Waals surface area contributed by atoms with Crippen LogP contribution in [0.15, 0.2) is 59.5 Å². The lowest BCUT2D eigenvalue weighted by Gasteiger charge is -2.29. The van der Waals surface area contributed by atoms with Crippen LogP contribution in [0.4, 0.5) is 11.4 Å². The number of anilines is 2. The topological polar surface area (TPSA) is 83.6 Å². The van der Waals surface area contributed by atoms with Crippen molar-refractivity contribution in [1.29, 1.82) is 0 Å². The van der Waals surface area contributed by atoms with E-state index in [4.69, 9.17) is 0 Å². The Morgan fingerprint density at radius 2 is 1.70 bits per heavy atom. The summed E-state index contributed by atoms with van der Waals surface area (Å²) in [5, 5.41) is 2.66. The summed E-state index contributed by atoms with van der Waals surface area (Å²) < 4.78 is 24.7. The molecular weight excluding hydrogens is 316 g/mol. The number of hydrogen-bond acceptors (Lipinski definition) is 4. The Morgan fingerprint density at radius 1 is 1.04 bits per heavy atom. The molecule has 6 nitrogen and oxygen atoms in total. The van der Waals surface area contributed by atoms with Crippen LogP contribution in [-0.4, -0.2) is 32.5 Å². The standard InChI is InChI=1S/C16H14N2O4S/c19-15-10-18(14-9-5-4-8-13(14)17-15)16(20)11-23(21,22)12-6-2-1-3-7-12/h1-9H,10-11H2,(H,17,19). The molecule has 0 saturated carbocycles. The van der Waals surface area contributed by atoms with Gasteiger partial charge in [-0.3, -0.25) is 9.59 Å². The zero-order chi connectivity index (χ0) is 16.4. The lowest BCUT2D eigenvalue weighted by Crippen LogP contribution is -2.44. The molecule has 1 aliphatic heterocycles. The summed E-state index contributed by atoms with van der Waals surface area (Å²) in [4.78, 5) is 25.5. The minimum absolute atomic E-state index is 0.0862. The van der Waals surface area contributed by atoms with Crippen molar-refractivity contribution >= 4 is 33.0 Å². The van der Waals surface area contributed by atoms with E-state index in [0.717, 1.165) is 0 Å². The molecule has 1 N–H and O–H groups in total. The monoisotopic (exact) mass is 330 g/mol. The van der Waals surface area contributed by atoms with Gasteiger partial charge in [-0.05, 0) is 24.3 Å². The fourth-order valence-corrected chi connectivity index (χ4v) is 3.63. The predicted molar refractivity (Wildman–Crippen MR) is 85.9 cm³/mol. The summed E-state index contributed by atoms with van der Waals surface area (Å²) in [7, 11) is -3.75. The fourth-order valence-electron chi connectivity index (χ4n) is 2.41. The number of carbonyl (C=O) groups is 2. The molecule has 0 radical (unpaired) electrons. The summed E-state index contributed by atoms with van der Waals surface area (Å²) >= 11 is 0. The minimum Gasteiger partial charge on any atom is -0.323 e. The van der Waals surface area contributed by atoms with E-state index in [2.05, 4.69) is 5.32 Å². The Kier molecular flexibility index (Phi) is 3.87. The maximum atomic E-state index is 12.5. The first-order valence-corrected chi connectivity index (χ1v) is 8.60. The van der Waals surface area contributed by atoms with Gasteiger partial charge in [0.2, 0.25) is 11.8 Å². The quantitative estimate of drug-likeness (QED) is 0.923. The van der Waals surface area contributed by atoms with Gasteiger partial charge in [0.15, 0.2) is 9.84 Å². The maximum absolute atomic E-state index is 12.5. The van der Waals surface area contributed by atoms with E-state index >= 15 is 0 Å². The van der Waals surface area contributed by atoms with E-state index in [9.17, 15) is 18.0 Å². The van der Waals surface area contributed by atoms with Gasteiger partial charge in [0.1, 0.15) is 12.3 Å². The molecule has 1 aliphatic rings. The summed E-state index contributed by atoms with van der Waals surface area (Å²) in [6, 6.07) is 14.6. The first-order valence-electron chi connectivity index (χ1n) is 6.94. The van der Waals surface area contributed by atoms with Crippen molar-refractivity contribution in [2.75, 3.05) is 22.5 Å². The predicted octanol–water partition coefficient (Wildman–Crippen LogP) is 1.45. The van der Waals surface area contributed by atoms with Crippen LogP contribution in [0.5, 0.6) is 0 Å². The van der Waals surface area contributed by atoms with Crippen molar-refractivity contribution in [3.63, 3.8) is 0 Å². The van der Waals surface area contributed by atoms with Crippen LogP contribution in [0.1, 0.15) is 0 Å². The second-order valence-electron chi connectivity index (χ2n) is 5.12. The van der Waals surface area contributed by atoms with Gasteiger partial charge in [0.25, 0.3) is 0 Å². The van der Waals surface area contributed by atoms with Crippen LogP contribution < -0.4 is 10.2 Å². The third-order valence-corrected chi connectivity index (χ3v) is 5.10. The molecule has 23 heavy (non-hydrogen) atoms. The van der Waals surface area contributed by atoms with Crippen LogP contribution in [0.3, 0.4) is 0 Å². The van der Waals surface area contributed by atoms with E-state index in [1.165, 1.54) is 17.0 Å². The van der Waals surface area contributed by atoms with Crippen LogP contribution in [0, 0.1) is 0 Å². The number of amides is 2. The Morgan fingerprint density at radius 3 is 2.43 bits per heavy atom. The highest BCUT2D eigenvalue weighted by atomic mass is 32.2. The average molecular weight is 330 g/mol. The van der Waals surface area contributed by atoms with Gasteiger partial charge in [-0.1, -0.05) is 30.3 Å². The number of para-hydroxylation sites is 2. The molecule has 3 rings (SSSR count). The molecule has 0 saturated heterocycles. The lowest BCUT2D eigenvalue weighted by molar-refractivity contribution is -0.120. The van der Waals surface area contributed by atoms with E-state index in [1.807, 2.05) is 0 Å². The molecule has 0 fully saturated rings. The van der Waals surface area contributed by atoms with E-state index < -0.39 is 21.5 Å². The molecule has 0 unspecified atom stereocenters. The summed E-state index contributed by atoms with van der Waals surface area (Å²) in [6.07, 6.45) is 0. The van der Waals surface area contributed by atoms with Crippen LogP contribution in [0.25, 0.3) is 0 Å². The van der Waals surface area contributed by atoms with Crippen molar-refractivity contribution in [2.45, 2.75) is 4.90 Å².